The van der Waals surface area contributed by atoms with Crippen LogP contribution in [0.3, 0.4) is 0 Å². The number of hydrogen-bond donors (Lipinski definition) is 1. The summed E-state index contributed by atoms with van der Waals surface area (Å²) in [6.07, 6.45) is 41.9. The predicted octanol–water partition coefficient (Wildman–Crippen LogP) is 12.4. The highest BCUT2D eigenvalue weighted by Gasteiger charge is 2.17. The van der Waals surface area contributed by atoms with Crippen molar-refractivity contribution in [2.45, 2.75) is 206 Å². The molecule has 0 aliphatic heterocycles. The van der Waals surface area contributed by atoms with Gasteiger partial charge < -0.3 is 9.84 Å². The van der Waals surface area contributed by atoms with Crippen molar-refractivity contribution >= 4 is 11.9 Å². The van der Waals surface area contributed by atoms with Gasteiger partial charge in [-0.25, -0.2) is 0 Å². The third kappa shape index (κ3) is 32.9. The Bertz CT molecular complexity index is 639. The van der Waals surface area contributed by atoms with Gasteiger partial charge in [0.05, 0.1) is 6.42 Å². The highest BCUT2D eigenvalue weighted by molar-refractivity contribution is 5.71. The zero-order chi connectivity index (χ0) is 30.8. The van der Waals surface area contributed by atoms with Crippen LogP contribution in [0.25, 0.3) is 0 Å². The van der Waals surface area contributed by atoms with Crippen molar-refractivity contribution in [2.24, 2.45) is 0 Å². The van der Waals surface area contributed by atoms with E-state index in [0.717, 1.165) is 51.4 Å². The summed E-state index contributed by atoms with van der Waals surface area (Å²) in [6.45, 7) is 4.52. The van der Waals surface area contributed by atoms with E-state index in [1.165, 1.54) is 116 Å². The standard InChI is InChI=1S/C38H70O4/c1-3-5-7-9-11-13-15-17-19-21-23-25-27-29-31-33-36(35-37(39)40)42-38(41)34-32-30-28-26-24-22-20-18-16-14-12-10-8-6-4-2/h17-20,36H,3-16,21-35H2,1-2H3,(H,39,40)/b19-17+,20-18+. The van der Waals surface area contributed by atoms with Crippen LogP contribution in [-0.4, -0.2) is 23.1 Å². The van der Waals surface area contributed by atoms with Gasteiger partial charge in [0.25, 0.3) is 0 Å². The normalized spacial score (nSPS) is 12.4. The van der Waals surface area contributed by atoms with Gasteiger partial charge in [-0.1, -0.05) is 141 Å². The van der Waals surface area contributed by atoms with E-state index in [9.17, 15) is 14.7 Å². The molecule has 0 aliphatic carbocycles. The van der Waals surface area contributed by atoms with Crippen molar-refractivity contribution < 1.29 is 19.4 Å². The van der Waals surface area contributed by atoms with Crippen molar-refractivity contribution in [3.8, 4) is 0 Å². The molecule has 1 N–H and O–H groups in total. The molecule has 42 heavy (non-hydrogen) atoms. The fraction of sp³-hybridized carbons (Fsp3) is 0.842. The maximum absolute atomic E-state index is 12.3. The minimum atomic E-state index is -0.887. The zero-order valence-electron chi connectivity index (χ0n) is 28.1. The number of allylic oxidation sites excluding steroid dienone is 4. The van der Waals surface area contributed by atoms with E-state index in [-0.39, 0.29) is 12.4 Å². The summed E-state index contributed by atoms with van der Waals surface area (Å²) >= 11 is 0. The van der Waals surface area contributed by atoms with Crippen LogP contribution in [0, 0.1) is 0 Å². The maximum Gasteiger partial charge on any atom is 0.307 e. The van der Waals surface area contributed by atoms with Crippen LogP contribution in [0.5, 0.6) is 0 Å². The lowest BCUT2D eigenvalue weighted by Crippen LogP contribution is -2.21. The Balaban J connectivity index is 3.70. The Morgan fingerprint density at radius 3 is 1.29 bits per heavy atom. The Kier molecular flexibility index (Phi) is 32.6. The lowest BCUT2D eigenvalue weighted by Gasteiger charge is -2.16. The number of hydrogen-bond acceptors (Lipinski definition) is 3. The monoisotopic (exact) mass is 591 g/mol. The zero-order valence-corrected chi connectivity index (χ0v) is 28.1. The Hall–Kier alpha value is -1.58. The number of carboxylic acid groups (broad SMARTS) is 1. The van der Waals surface area contributed by atoms with E-state index in [2.05, 4.69) is 38.2 Å². The smallest absolute Gasteiger partial charge is 0.307 e. The average molecular weight is 591 g/mol. The van der Waals surface area contributed by atoms with Gasteiger partial charge >= 0.3 is 11.9 Å². The van der Waals surface area contributed by atoms with Gasteiger partial charge in [0.1, 0.15) is 6.10 Å². The molecular formula is C38H70O4. The largest absolute Gasteiger partial charge is 0.481 e. The third-order valence-electron chi connectivity index (χ3n) is 8.13. The van der Waals surface area contributed by atoms with E-state index in [4.69, 9.17) is 4.74 Å². The second-order valence-electron chi connectivity index (χ2n) is 12.4. The van der Waals surface area contributed by atoms with Crippen LogP contribution in [0.15, 0.2) is 24.3 Å². The molecule has 0 saturated carbocycles. The van der Waals surface area contributed by atoms with Gasteiger partial charge in [-0.3, -0.25) is 9.59 Å². The molecule has 246 valence electrons. The Labute approximate surface area is 261 Å². The van der Waals surface area contributed by atoms with Gasteiger partial charge in [-0.2, -0.15) is 0 Å². The molecule has 0 spiro atoms. The SMILES string of the molecule is CCCCCCCC/C=C/CCCCCCCC(=O)OC(CCCCCCC/C=C/CCCCCCCC)CC(=O)O. The minimum absolute atomic E-state index is 0.0818. The van der Waals surface area contributed by atoms with Crippen LogP contribution < -0.4 is 0 Å². The van der Waals surface area contributed by atoms with Gasteiger partial charge in [-0.05, 0) is 70.6 Å². The van der Waals surface area contributed by atoms with Crippen molar-refractivity contribution in [3.63, 3.8) is 0 Å². The molecule has 0 aromatic carbocycles. The van der Waals surface area contributed by atoms with Gasteiger partial charge in [0, 0.05) is 6.42 Å². The molecule has 1 unspecified atom stereocenters. The van der Waals surface area contributed by atoms with E-state index in [0.29, 0.717) is 12.8 Å². The third-order valence-corrected chi connectivity index (χ3v) is 8.13. The molecule has 4 nitrogen and oxygen atoms in total. The van der Waals surface area contributed by atoms with E-state index < -0.39 is 12.1 Å². The Morgan fingerprint density at radius 2 is 0.881 bits per heavy atom. The molecule has 0 amide bonds. The molecule has 0 saturated heterocycles. The molecule has 0 radical (unpaired) electrons. The quantitative estimate of drug-likeness (QED) is 0.0469. The summed E-state index contributed by atoms with van der Waals surface area (Å²) in [5.41, 5.74) is 0. The lowest BCUT2D eigenvalue weighted by molar-refractivity contribution is -0.153. The molecule has 0 heterocycles. The number of esters is 1. The summed E-state index contributed by atoms with van der Waals surface area (Å²) < 4.78 is 5.56. The van der Waals surface area contributed by atoms with Gasteiger partial charge in [-0.15, -0.1) is 0 Å². The Morgan fingerprint density at radius 1 is 0.524 bits per heavy atom. The van der Waals surface area contributed by atoms with E-state index in [1.54, 1.807) is 0 Å². The van der Waals surface area contributed by atoms with Crippen LogP contribution >= 0.6 is 0 Å². The van der Waals surface area contributed by atoms with E-state index >= 15 is 0 Å². The molecule has 0 aromatic rings. The van der Waals surface area contributed by atoms with Crippen molar-refractivity contribution in [1.29, 1.82) is 0 Å². The number of carbonyl (C=O) groups excluding carboxylic acids is 1. The first-order chi connectivity index (χ1) is 20.6. The minimum Gasteiger partial charge on any atom is -0.481 e. The van der Waals surface area contributed by atoms with Gasteiger partial charge in [0.15, 0.2) is 0 Å². The van der Waals surface area contributed by atoms with Crippen LogP contribution in [0.1, 0.15) is 200 Å². The second-order valence-corrected chi connectivity index (χ2v) is 12.4. The van der Waals surface area contributed by atoms with Crippen molar-refractivity contribution in [1.82, 2.24) is 0 Å². The fourth-order valence-corrected chi connectivity index (χ4v) is 5.43. The lowest BCUT2D eigenvalue weighted by atomic mass is 10.0. The van der Waals surface area contributed by atoms with Crippen molar-refractivity contribution in [3.05, 3.63) is 24.3 Å². The highest BCUT2D eigenvalue weighted by atomic mass is 16.5. The first-order valence-corrected chi connectivity index (χ1v) is 18.3. The summed E-state index contributed by atoms with van der Waals surface area (Å²) in [6, 6.07) is 0. The molecule has 4 heteroatoms. The van der Waals surface area contributed by atoms with Gasteiger partial charge in [0.2, 0.25) is 0 Å². The molecule has 0 rings (SSSR count). The number of aliphatic carboxylic acids is 1. The number of carbonyl (C=O) groups is 2. The molecule has 0 aliphatic rings. The van der Waals surface area contributed by atoms with Crippen LogP contribution in [0.2, 0.25) is 0 Å². The maximum atomic E-state index is 12.3. The molecule has 1 atom stereocenters. The summed E-state index contributed by atoms with van der Waals surface area (Å²) in [4.78, 5) is 23.6. The van der Waals surface area contributed by atoms with Crippen LogP contribution in [-0.2, 0) is 14.3 Å². The number of rotatable bonds is 33. The fourth-order valence-electron chi connectivity index (χ4n) is 5.43. The summed E-state index contributed by atoms with van der Waals surface area (Å²) in [5.74, 6) is -1.12. The molecule has 0 aromatic heterocycles. The summed E-state index contributed by atoms with van der Waals surface area (Å²) in [7, 11) is 0. The topological polar surface area (TPSA) is 63.6 Å². The average Bonchev–Trinajstić information content (AvgIpc) is 2.96. The van der Waals surface area contributed by atoms with Crippen molar-refractivity contribution in [2.75, 3.05) is 0 Å². The summed E-state index contributed by atoms with van der Waals surface area (Å²) in [5, 5.41) is 9.24. The number of carboxylic acids is 1. The first-order valence-electron chi connectivity index (χ1n) is 18.3. The van der Waals surface area contributed by atoms with Crippen LogP contribution in [0.4, 0.5) is 0 Å². The molecule has 0 bridgehead atoms. The number of unbranched alkanes of at least 4 members (excludes halogenated alkanes) is 22. The molecule has 0 fully saturated rings. The highest BCUT2D eigenvalue weighted by Crippen LogP contribution is 2.16. The van der Waals surface area contributed by atoms with E-state index in [1.807, 2.05) is 0 Å². The second kappa shape index (κ2) is 33.9. The predicted molar refractivity (Wildman–Crippen MR) is 181 cm³/mol. The first kappa shape index (κ1) is 40.4. The number of ether oxygens (including phenoxy) is 1. The molecular weight excluding hydrogens is 520 g/mol.